The molecule has 2 saturated carbocycles. The van der Waals surface area contributed by atoms with Crippen molar-refractivity contribution in [3.05, 3.63) is 42.5 Å². The molecule has 0 aromatic heterocycles. The number of para-hydroxylation sites is 1. The number of ether oxygens (including phenoxy) is 3. The van der Waals surface area contributed by atoms with Crippen LogP contribution < -0.4 is 4.90 Å². The number of piperidine rings is 3. The van der Waals surface area contributed by atoms with Crippen molar-refractivity contribution >= 4 is 11.6 Å². The summed E-state index contributed by atoms with van der Waals surface area (Å²) in [7, 11) is 1.64. The van der Waals surface area contributed by atoms with E-state index in [1.54, 1.807) is 7.11 Å². The molecule has 7 rings (SSSR count). The van der Waals surface area contributed by atoms with E-state index in [0.717, 1.165) is 24.2 Å². The van der Waals surface area contributed by atoms with E-state index in [0.29, 0.717) is 24.6 Å². The predicted octanol–water partition coefficient (Wildman–Crippen LogP) is 2.53. The molecule has 1 spiro atoms. The third-order valence-electron chi connectivity index (χ3n) is 8.61. The maximum Gasteiger partial charge on any atom is 0.242 e. The summed E-state index contributed by atoms with van der Waals surface area (Å²) >= 11 is 0. The van der Waals surface area contributed by atoms with Crippen LogP contribution in [0.15, 0.2) is 36.9 Å². The van der Waals surface area contributed by atoms with Gasteiger partial charge in [0.2, 0.25) is 5.91 Å². The van der Waals surface area contributed by atoms with Crippen LogP contribution in [-0.2, 0) is 24.4 Å². The molecule has 30 heavy (non-hydrogen) atoms. The highest BCUT2D eigenvalue weighted by atomic mass is 16.7. The molecule has 160 valence electrons. The summed E-state index contributed by atoms with van der Waals surface area (Å²) in [5.74, 6) is 0.801. The van der Waals surface area contributed by atoms with Gasteiger partial charge in [-0.25, -0.2) is 0 Å². The van der Waals surface area contributed by atoms with Crippen molar-refractivity contribution in [2.45, 2.75) is 50.2 Å². The number of carbonyl (C=O) groups excluding carboxylic acids is 1. The van der Waals surface area contributed by atoms with Crippen LogP contribution >= 0.6 is 0 Å². The number of carbonyl (C=O) groups is 1. The van der Waals surface area contributed by atoms with E-state index in [1.807, 2.05) is 36.9 Å². The molecular weight excluding hydrogens is 380 g/mol. The van der Waals surface area contributed by atoms with Gasteiger partial charge in [-0.3, -0.25) is 14.6 Å². The minimum atomic E-state index is -0.726. The average molecular weight is 411 g/mol. The van der Waals surface area contributed by atoms with Gasteiger partial charge in [0, 0.05) is 43.7 Å². The van der Waals surface area contributed by atoms with Gasteiger partial charge in [0.1, 0.15) is 12.1 Å². The topological polar surface area (TPSA) is 51.0 Å². The second-order valence-corrected chi connectivity index (χ2v) is 9.47. The summed E-state index contributed by atoms with van der Waals surface area (Å²) in [6.07, 6.45) is 2.46. The first-order valence-corrected chi connectivity index (χ1v) is 11.1. The predicted molar refractivity (Wildman–Crippen MR) is 112 cm³/mol. The molecule has 6 nitrogen and oxygen atoms in total. The third-order valence-corrected chi connectivity index (χ3v) is 8.61. The second kappa shape index (κ2) is 6.16. The Balaban J connectivity index is 1.55. The molecule has 6 bridgehead atoms. The smallest absolute Gasteiger partial charge is 0.242 e. The first-order valence-electron chi connectivity index (χ1n) is 11.1. The van der Waals surface area contributed by atoms with Crippen molar-refractivity contribution in [2.75, 3.05) is 31.9 Å². The Kier molecular flexibility index (Phi) is 3.90. The van der Waals surface area contributed by atoms with Crippen LogP contribution in [-0.4, -0.2) is 62.3 Å². The van der Waals surface area contributed by atoms with Crippen LogP contribution in [0.3, 0.4) is 0 Å². The number of benzene rings is 1. The van der Waals surface area contributed by atoms with Crippen LogP contribution in [0.25, 0.3) is 0 Å². The van der Waals surface area contributed by atoms with E-state index in [-0.39, 0.29) is 36.4 Å². The quantitative estimate of drug-likeness (QED) is 0.393. The SMILES string of the molecule is C=C[C@]12CN3[C@@H]4[C@H]3[C@H]1C[C@H](OC(C)OCC)[C@@]1(C(=O)N(COC)c3ccccc31)[C@@H]42. The minimum absolute atomic E-state index is 0.0180. The molecule has 4 heterocycles. The molecule has 1 aromatic carbocycles. The molecule has 6 heteroatoms. The molecule has 9 atom stereocenters. The molecule has 5 fully saturated rings. The summed E-state index contributed by atoms with van der Waals surface area (Å²) in [6, 6.07) is 9.23. The van der Waals surface area contributed by atoms with Crippen molar-refractivity contribution in [1.29, 1.82) is 0 Å². The molecule has 1 amide bonds. The Labute approximate surface area is 177 Å². The monoisotopic (exact) mass is 410 g/mol. The van der Waals surface area contributed by atoms with Crippen LogP contribution in [0.1, 0.15) is 25.8 Å². The molecule has 6 aliphatic rings. The van der Waals surface area contributed by atoms with Crippen molar-refractivity contribution in [3.8, 4) is 0 Å². The maximum absolute atomic E-state index is 14.3. The van der Waals surface area contributed by atoms with Crippen LogP contribution in [0.4, 0.5) is 5.69 Å². The zero-order chi connectivity index (χ0) is 20.8. The van der Waals surface area contributed by atoms with Crippen molar-refractivity contribution in [3.63, 3.8) is 0 Å². The lowest BCUT2D eigenvalue weighted by atomic mass is 9.52. The summed E-state index contributed by atoms with van der Waals surface area (Å²) in [5.41, 5.74) is 1.30. The van der Waals surface area contributed by atoms with Gasteiger partial charge in [0.05, 0.1) is 11.8 Å². The standard InChI is InChI=1S/C24H30N2O4/c1-5-23-12-25-19-16(23)11-18(30-14(3)29-6-2)24(21(23)20(19)25)15-9-7-8-10-17(15)26(13-28-4)22(24)27/h5,7-10,14,16,18-21H,1,6,11-13H2,2-4H3/t14?,16-,18+,19-,20-,21+,23+,24-,25?/m1/s1. The van der Waals surface area contributed by atoms with Gasteiger partial charge in [0.25, 0.3) is 0 Å². The van der Waals surface area contributed by atoms with Gasteiger partial charge in [-0.2, -0.15) is 0 Å². The number of fused-ring (bicyclic) bond motifs is 2. The zero-order valence-electron chi connectivity index (χ0n) is 17.9. The van der Waals surface area contributed by atoms with Gasteiger partial charge in [-0.15, -0.1) is 6.58 Å². The lowest BCUT2D eigenvalue weighted by Gasteiger charge is -2.52. The number of hydrogen-bond donors (Lipinski definition) is 0. The molecule has 2 unspecified atom stereocenters. The fourth-order valence-corrected chi connectivity index (χ4v) is 7.84. The molecule has 2 aliphatic carbocycles. The van der Waals surface area contributed by atoms with Crippen molar-refractivity contribution in [1.82, 2.24) is 4.90 Å². The fraction of sp³-hybridized carbons (Fsp3) is 0.625. The molecule has 3 saturated heterocycles. The van der Waals surface area contributed by atoms with Gasteiger partial charge in [-0.05, 0) is 37.8 Å². The highest BCUT2D eigenvalue weighted by Gasteiger charge is 2.87. The van der Waals surface area contributed by atoms with Gasteiger partial charge in [0.15, 0.2) is 6.29 Å². The Hall–Kier alpha value is -1.73. The zero-order valence-corrected chi connectivity index (χ0v) is 17.9. The van der Waals surface area contributed by atoms with Gasteiger partial charge < -0.3 is 14.2 Å². The molecule has 1 aromatic rings. The van der Waals surface area contributed by atoms with E-state index in [2.05, 4.69) is 23.6 Å². The third kappa shape index (κ3) is 1.93. The summed E-state index contributed by atoms with van der Waals surface area (Å²) in [5, 5.41) is 0. The van der Waals surface area contributed by atoms with E-state index in [9.17, 15) is 4.79 Å². The van der Waals surface area contributed by atoms with Crippen LogP contribution in [0.2, 0.25) is 0 Å². The van der Waals surface area contributed by atoms with Gasteiger partial charge >= 0.3 is 0 Å². The molecule has 0 radical (unpaired) electrons. The Bertz CT molecular complexity index is 920. The maximum atomic E-state index is 14.3. The van der Waals surface area contributed by atoms with E-state index < -0.39 is 5.41 Å². The van der Waals surface area contributed by atoms with E-state index >= 15 is 0 Å². The number of methoxy groups -OCH3 is 1. The number of anilines is 1. The van der Waals surface area contributed by atoms with Crippen molar-refractivity contribution < 1.29 is 19.0 Å². The second-order valence-electron chi connectivity index (χ2n) is 9.47. The highest BCUT2D eigenvalue weighted by molar-refractivity contribution is 6.09. The average Bonchev–Trinajstić information content (AvgIpc) is 2.97. The van der Waals surface area contributed by atoms with Crippen LogP contribution in [0.5, 0.6) is 0 Å². The first-order chi connectivity index (χ1) is 14.6. The van der Waals surface area contributed by atoms with Gasteiger partial charge in [-0.1, -0.05) is 24.3 Å². The Morgan fingerprint density at radius 1 is 1.33 bits per heavy atom. The van der Waals surface area contributed by atoms with E-state index in [4.69, 9.17) is 14.2 Å². The lowest BCUT2D eigenvalue weighted by molar-refractivity contribution is -0.199. The normalized spacial score (nSPS) is 45.2. The fourth-order valence-electron chi connectivity index (χ4n) is 7.84. The van der Waals surface area contributed by atoms with Crippen molar-refractivity contribution in [2.24, 2.45) is 17.3 Å². The highest BCUT2D eigenvalue weighted by Crippen LogP contribution is 2.78. The molecule has 0 N–H and O–H groups in total. The first kappa shape index (κ1) is 19.0. The number of rotatable bonds is 7. The van der Waals surface area contributed by atoms with E-state index in [1.165, 1.54) is 0 Å². The summed E-state index contributed by atoms with van der Waals surface area (Å²) in [4.78, 5) is 18.7. The number of nitrogens with zero attached hydrogens (tertiary/aromatic N) is 2. The number of amides is 1. The lowest BCUT2D eigenvalue weighted by Crippen LogP contribution is -2.62. The van der Waals surface area contributed by atoms with Crippen LogP contribution in [0, 0.1) is 17.3 Å². The molecule has 4 aliphatic heterocycles. The number of hydrogen-bond acceptors (Lipinski definition) is 5. The molecular formula is C24H30N2O4. The largest absolute Gasteiger partial charge is 0.364 e. The summed E-state index contributed by atoms with van der Waals surface area (Å²) < 4.78 is 17.8. The Morgan fingerprint density at radius 3 is 2.87 bits per heavy atom. The Morgan fingerprint density at radius 2 is 2.13 bits per heavy atom. The summed E-state index contributed by atoms with van der Waals surface area (Å²) in [6.45, 7) is 10.1. The minimum Gasteiger partial charge on any atom is -0.364 e.